The molecule has 5 heteroatoms. The highest BCUT2D eigenvalue weighted by Gasteiger charge is 2.49. The van der Waals surface area contributed by atoms with Crippen LogP contribution in [0.25, 0.3) is 0 Å². The molecule has 251 valence electrons. The normalized spacial score (nSPS) is 24.6. The van der Waals surface area contributed by atoms with Crippen molar-refractivity contribution in [3.8, 4) is 23.0 Å². The summed E-state index contributed by atoms with van der Waals surface area (Å²) in [4.78, 5) is 2.56. The minimum Gasteiger partial charge on any atom is -0.458 e. The lowest BCUT2D eigenvalue weighted by Crippen LogP contribution is -2.58. The molecule has 0 N–H and O–H groups in total. The first-order valence-electron chi connectivity index (χ1n) is 18.6. The van der Waals surface area contributed by atoms with E-state index in [2.05, 4.69) is 152 Å². The van der Waals surface area contributed by atoms with Gasteiger partial charge in [-0.15, -0.1) is 0 Å². The lowest BCUT2D eigenvalue weighted by atomic mass is 9.34. The van der Waals surface area contributed by atoms with Crippen LogP contribution in [0.4, 0.5) is 11.4 Å². The van der Waals surface area contributed by atoms with E-state index >= 15 is 0 Å². The summed E-state index contributed by atoms with van der Waals surface area (Å²) < 4.78 is 14.3. The molecule has 10 rings (SSSR count). The quantitative estimate of drug-likeness (QED) is 0.163. The molecule has 6 aliphatic rings. The Hall–Kier alpha value is -3.96. The first kappa shape index (κ1) is 30.8. The molecule has 0 amide bonds. The highest BCUT2D eigenvalue weighted by molar-refractivity contribution is 6.98. The minimum atomic E-state index is -0.791. The standard InChI is InChI=1S/C45H47BNO2Si/c1-42(2)24-44(5,6)29-22-35-31(20-27(29)42)46-32-21-28-30(45(7,8)25-43(28,3)4)23-36(32)49-38-19-26(18-37(48-35)41(38)46)47-33-14-10-12-16-39(33)50(9)40-17-13-11-15-34(40)47/h10-23,33,39H,24-25H2,1-9H3. The van der Waals surface area contributed by atoms with Gasteiger partial charge < -0.3 is 14.4 Å². The highest BCUT2D eigenvalue weighted by Crippen LogP contribution is 2.53. The van der Waals surface area contributed by atoms with Crippen molar-refractivity contribution in [2.24, 2.45) is 0 Å². The van der Waals surface area contributed by atoms with Gasteiger partial charge in [-0.05, 0) is 96.6 Å². The van der Waals surface area contributed by atoms with Crippen molar-refractivity contribution >= 4 is 48.5 Å². The maximum absolute atomic E-state index is 7.14. The monoisotopic (exact) mass is 672 g/mol. The molecule has 50 heavy (non-hydrogen) atoms. The van der Waals surface area contributed by atoms with Crippen molar-refractivity contribution in [3.05, 3.63) is 107 Å². The van der Waals surface area contributed by atoms with E-state index in [0.717, 1.165) is 41.5 Å². The number of ether oxygens (including phenoxy) is 2. The van der Waals surface area contributed by atoms with Crippen LogP contribution in [0, 0.1) is 0 Å². The first-order chi connectivity index (χ1) is 23.6. The fraction of sp³-hybridized carbons (Fsp3) is 0.378. The number of allylic oxidation sites excluding steroid dienone is 2. The third kappa shape index (κ3) is 4.04. The maximum atomic E-state index is 7.14. The number of nitrogens with zero attached hydrogens (tertiary/aromatic N) is 1. The molecular formula is C45H47BNO2Si. The minimum absolute atomic E-state index is 0.0422. The second-order valence-corrected chi connectivity index (χ2v) is 21.2. The van der Waals surface area contributed by atoms with Gasteiger partial charge in [0.05, 0.1) is 14.8 Å². The van der Waals surface area contributed by atoms with E-state index in [1.165, 1.54) is 49.5 Å². The number of rotatable bonds is 1. The molecule has 0 saturated heterocycles. The van der Waals surface area contributed by atoms with Crippen LogP contribution >= 0.6 is 0 Å². The second kappa shape index (κ2) is 9.67. The van der Waals surface area contributed by atoms with Gasteiger partial charge in [0, 0.05) is 29.0 Å². The predicted molar refractivity (Wildman–Crippen MR) is 211 cm³/mol. The zero-order valence-electron chi connectivity index (χ0n) is 31.0. The van der Waals surface area contributed by atoms with Gasteiger partial charge >= 0.3 is 0 Å². The molecule has 3 heterocycles. The third-order valence-corrected chi connectivity index (χ3v) is 16.0. The molecule has 2 atom stereocenters. The summed E-state index contributed by atoms with van der Waals surface area (Å²) in [5, 5.41) is 1.49. The zero-order chi connectivity index (χ0) is 34.7. The van der Waals surface area contributed by atoms with Crippen molar-refractivity contribution in [1.82, 2.24) is 0 Å². The lowest BCUT2D eigenvalue weighted by Gasteiger charge is -2.45. The number of hydrogen-bond acceptors (Lipinski definition) is 3. The summed E-state index contributed by atoms with van der Waals surface area (Å²) in [6, 6.07) is 23.8. The van der Waals surface area contributed by atoms with Crippen LogP contribution in [0.1, 0.15) is 90.5 Å². The Bertz CT molecular complexity index is 2130. The molecule has 0 spiro atoms. The summed E-state index contributed by atoms with van der Waals surface area (Å²) in [5.74, 6) is 3.85. The summed E-state index contributed by atoms with van der Waals surface area (Å²) in [5.41, 5.74) is 12.8. The van der Waals surface area contributed by atoms with Gasteiger partial charge in [0.25, 0.3) is 6.71 Å². The summed E-state index contributed by atoms with van der Waals surface area (Å²) in [6.07, 6.45) is 11.6. The molecule has 4 aromatic rings. The van der Waals surface area contributed by atoms with Gasteiger partial charge in [0.15, 0.2) is 0 Å². The molecule has 0 aromatic heterocycles. The van der Waals surface area contributed by atoms with E-state index in [1.807, 2.05) is 0 Å². The molecule has 3 aliphatic heterocycles. The number of hydrogen-bond donors (Lipinski definition) is 0. The topological polar surface area (TPSA) is 21.7 Å². The number of anilines is 2. The van der Waals surface area contributed by atoms with Gasteiger partial charge in [0.2, 0.25) is 0 Å². The Kier molecular flexibility index (Phi) is 5.96. The number of benzene rings is 4. The smallest absolute Gasteiger partial charge is 0.260 e. The van der Waals surface area contributed by atoms with Crippen LogP contribution in [0.2, 0.25) is 12.1 Å². The first-order valence-corrected chi connectivity index (χ1v) is 20.7. The van der Waals surface area contributed by atoms with Crippen LogP contribution in [0.15, 0.2) is 85.0 Å². The molecule has 4 aromatic carbocycles. The van der Waals surface area contributed by atoms with Gasteiger partial charge in [-0.3, -0.25) is 0 Å². The van der Waals surface area contributed by atoms with Crippen molar-refractivity contribution < 1.29 is 9.47 Å². The van der Waals surface area contributed by atoms with Crippen LogP contribution < -0.4 is 35.9 Å². The fourth-order valence-corrected chi connectivity index (χ4v) is 14.0. The third-order valence-electron chi connectivity index (χ3n) is 13.2. The number of para-hydroxylation sites is 1. The molecular weight excluding hydrogens is 625 g/mol. The Morgan fingerprint density at radius 3 is 1.70 bits per heavy atom. The SMILES string of the molecule is C[Si]1c2ccccc2N(c2cc3c4c(c2)Oc2cc5c(cc2B4c2cc4c(cc2O3)C(C)(C)CC4(C)C)C(C)(C)CC5(C)C)C2C=CC=CC21. The predicted octanol–water partition coefficient (Wildman–Crippen LogP) is 8.68. The second-order valence-electron chi connectivity index (χ2n) is 18.6. The van der Waals surface area contributed by atoms with E-state index < -0.39 is 8.80 Å². The Morgan fingerprint density at radius 2 is 1.14 bits per heavy atom. The zero-order valence-corrected chi connectivity index (χ0v) is 32.0. The van der Waals surface area contributed by atoms with Gasteiger partial charge in [-0.25, -0.2) is 0 Å². The summed E-state index contributed by atoms with van der Waals surface area (Å²) in [6.45, 7) is 21.8. The largest absolute Gasteiger partial charge is 0.458 e. The van der Waals surface area contributed by atoms with Gasteiger partial charge in [-0.2, -0.15) is 0 Å². The fourth-order valence-electron chi connectivity index (χ4n) is 11.5. The molecule has 0 bridgehead atoms. The van der Waals surface area contributed by atoms with Crippen molar-refractivity contribution in [2.45, 2.75) is 108 Å². The van der Waals surface area contributed by atoms with Crippen molar-refractivity contribution in [2.75, 3.05) is 4.90 Å². The van der Waals surface area contributed by atoms with Gasteiger partial charge in [-0.1, -0.05) is 117 Å². The molecule has 0 saturated carbocycles. The van der Waals surface area contributed by atoms with Crippen LogP contribution in [-0.4, -0.2) is 21.6 Å². The average Bonchev–Trinajstić information content (AvgIpc) is 3.36. The van der Waals surface area contributed by atoms with E-state index in [-0.39, 0.29) is 34.4 Å². The van der Waals surface area contributed by atoms with E-state index in [0.29, 0.717) is 5.54 Å². The summed E-state index contributed by atoms with van der Waals surface area (Å²) in [7, 11) is -0.791. The Labute approximate surface area is 300 Å². The van der Waals surface area contributed by atoms with E-state index in [9.17, 15) is 0 Å². The molecule has 1 radical (unpaired) electrons. The van der Waals surface area contributed by atoms with E-state index in [1.54, 1.807) is 0 Å². The van der Waals surface area contributed by atoms with Crippen LogP contribution in [0.5, 0.6) is 23.0 Å². The lowest BCUT2D eigenvalue weighted by molar-refractivity contribution is 0.402. The Balaban J connectivity index is 1.23. The molecule has 2 unspecified atom stereocenters. The Morgan fingerprint density at radius 1 is 0.640 bits per heavy atom. The molecule has 3 aliphatic carbocycles. The molecule has 0 fully saturated rings. The summed E-state index contributed by atoms with van der Waals surface area (Å²) >= 11 is 0. The number of fused-ring (bicyclic) bond motifs is 8. The van der Waals surface area contributed by atoms with Crippen LogP contribution in [0.3, 0.4) is 0 Å². The van der Waals surface area contributed by atoms with Gasteiger partial charge in [0.1, 0.15) is 23.0 Å². The highest BCUT2D eigenvalue weighted by atomic mass is 28.3. The molecule has 3 nitrogen and oxygen atoms in total. The van der Waals surface area contributed by atoms with Crippen molar-refractivity contribution in [3.63, 3.8) is 0 Å². The van der Waals surface area contributed by atoms with Crippen LogP contribution in [-0.2, 0) is 21.7 Å². The maximum Gasteiger partial charge on any atom is 0.260 e. The van der Waals surface area contributed by atoms with E-state index in [4.69, 9.17) is 9.47 Å². The van der Waals surface area contributed by atoms with Crippen molar-refractivity contribution in [1.29, 1.82) is 0 Å². The average molecular weight is 673 g/mol.